The number of aromatic amines is 2. The minimum atomic E-state index is -0.262. The Morgan fingerprint density at radius 2 is 2.07 bits per heavy atom. The number of benzene rings is 1. The Kier molecular flexibility index (Phi) is 4.85. The van der Waals surface area contributed by atoms with Crippen molar-refractivity contribution in [3.05, 3.63) is 69.3 Å². The summed E-state index contributed by atoms with van der Waals surface area (Å²) in [5.74, 6) is 0.518. The van der Waals surface area contributed by atoms with Gasteiger partial charge in [-0.2, -0.15) is 5.10 Å². The van der Waals surface area contributed by atoms with E-state index in [-0.39, 0.29) is 11.4 Å². The third kappa shape index (κ3) is 3.68. The van der Waals surface area contributed by atoms with Crippen LogP contribution in [0.25, 0.3) is 11.3 Å². The lowest BCUT2D eigenvalue weighted by molar-refractivity contribution is 0.241. The fraction of sp³-hybridized carbons (Fsp3) is 0.350. The number of hydrogen-bond acceptors (Lipinski definition) is 4. The van der Waals surface area contributed by atoms with Crippen molar-refractivity contribution in [2.45, 2.75) is 39.3 Å². The number of aryl methyl sites for hydroxylation is 1. The van der Waals surface area contributed by atoms with Crippen molar-refractivity contribution in [3.8, 4) is 11.3 Å². The lowest BCUT2D eigenvalue weighted by atomic mass is 10.0. The van der Waals surface area contributed by atoms with E-state index >= 15 is 0 Å². The highest BCUT2D eigenvalue weighted by atomic mass is 19.1. The average Bonchev–Trinajstić information content (AvgIpc) is 3.11. The zero-order valence-electron chi connectivity index (χ0n) is 15.3. The summed E-state index contributed by atoms with van der Waals surface area (Å²) in [5.41, 5.74) is 4.45. The second-order valence-electron chi connectivity index (χ2n) is 6.93. The van der Waals surface area contributed by atoms with E-state index in [1.807, 2.05) is 0 Å². The molecule has 0 aliphatic carbocycles. The Morgan fingerprint density at radius 1 is 1.26 bits per heavy atom. The molecule has 0 saturated heterocycles. The summed E-state index contributed by atoms with van der Waals surface area (Å²) in [7, 11) is 0. The standard InChI is InChI=1S/C20H22FN5O/c1-2-3-18-23-17-8-9-26(12-16(17)20(27)24-18)11-14-10-22-25-19(14)13-4-6-15(21)7-5-13/h4-7,10H,2-3,8-9,11-12H2,1H3,(H,22,25)(H,23,24,27). The fourth-order valence-corrected chi connectivity index (χ4v) is 3.56. The molecule has 0 spiro atoms. The Morgan fingerprint density at radius 3 is 2.85 bits per heavy atom. The van der Waals surface area contributed by atoms with Gasteiger partial charge < -0.3 is 4.98 Å². The smallest absolute Gasteiger partial charge is 0.255 e. The van der Waals surface area contributed by atoms with Gasteiger partial charge in [0.05, 0.1) is 23.1 Å². The predicted octanol–water partition coefficient (Wildman–Crippen LogP) is 2.81. The molecule has 6 nitrogen and oxygen atoms in total. The molecule has 0 fully saturated rings. The zero-order chi connectivity index (χ0) is 18.8. The summed E-state index contributed by atoms with van der Waals surface area (Å²) in [4.78, 5) is 22.2. The first-order valence-electron chi connectivity index (χ1n) is 9.25. The van der Waals surface area contributed by atoms with E-state index in [0.29, 0.717) is 13.1 Å². The molecule has 0 amide bonds. The number of aromatic nitrogens is 4. The Bertz CT molecular complexity index is 992. The van der Waals surface area contributed by atoms with Crippen LogP contribution in [-0.2, 0) is 25.9 Å². The van der Waals surface area contributed by atoms with E-state index in [4.69, 9.17) is 0 Å². The van der Waals surface area contributed by atoms with Crippen molar-refractivity contribution >= 4 is 0 Å². The summed E-state index contributed by atoms with van der Waals surface area (Å²) in [6.07, 6.45) is 4.31. The second kappa shape index (κ2) is 7.44. The summed E-state index contributed by atoms with van der Waals surface area (Å²) < 4.78 is 13.2. The quantitative estimate of drug-likeness (QED) is 0.727. The number of nitrogens with one attached hydrogen (secondary N) is 2. The van der Waals surface area contributed by atoms with Gasteiger partial charge in [-0.1, -0.05) is 6.92 Å². The molecule has 0 saturated carbocycles. The van der Waals surface area contributed by atoms with Gasteiger partial charge in [-0.15, -0.1) is 0 Å². The van der Waals surface area contributed by atoms with Crippen molar-refractivity contribution < 1.29 is 4.39 Å². The fourth-order valence-electron chi connectivity index (χ4n) is 3.56. The van der Waals surface area contributed by atoms with Crippen LogP contribution in [0.3, 0.4) is 0 Å². The van der Waals surface area contributed by atoms with Crippen molar-refractivity contribution in [3.63, 3.8) is 0 Å². The molecule has 1 aliphatic heterocycles. The summed E-state index contributed by atoms with van der Waals surface area (Å²) >= 11 is 0. The number of rotatable bonds is 5. The molecular weight excluding hydrogens is 345 g/mol. The molecule has 2 aromatic heterocycles. The van der Waals surface area contributed by atoms with Crippen LogP contribution in [0.5, 0.6) is 0 Å². The average molecular weight is 367 g/mol. The van der Waals surface area contributed by atoms with Gasteiger partial charge in [-0.3, -0.25) is 14.8 Å². The number of halogens is 1. The third-order valence-corrected chi connectivity index (χ3v) is 4.93. The minimum Gasteiger partial charge on any atom is -0.310 e. The normalized spacial score (nSPS) is 14.3. The van der Waals surface area contributed by atoms with Crippen LogP contribution in [0.1, 0.15) is 36.0 Å². The molecule has 4 rings (SSSR count). The molecule has 2 N–H and O–H groups in total. The first-order valence-corrected chi connectivity index (χ1v) is 9.25. The van der Waals surface area contributed by atoms with Crippen LogP contribution in [0.4, 0.5) is 4.39 Å². The monoisotopic (exact) mass is 367 g/mol. The van der Waals surface area contributed by atoms with Crippen LogP contribution >= 0.6 is 0 Å². The molecular formula is C20H22FN5O. The van der Waals surface area contributed by atoms with Crippen molar-refractivity contribution in [1.29, 1.82) is 0 Å². The van der Waals surface area contributed by atoms with Gasteiger partial charge in [0, 0.05) is 43.6 Å². The Labute approximate surface area is 156 Å². The molecule has 0 bridgehead atoms. The Balaban J connectivity index is 1.54. The first-order chi connectivity index (χ1) is 13.1. The van der Waals surface area contributed by atoms with Crippen LogP contribution in [-0.4, -0.2) is 31.6 Å². The molecule has 3 heterocycles. The van der Waals surface area contributed by atoms with Gasteiger partial charge in [-0.25, -0.2) is 9.37 Å². The maximum Gasteiger partial charge on any atom is 0.255 e. The van der Waals surface area contributed by atoms with Gasteiger partial charge in [-0.05, 0) is 30.7 Å². The molecule has 140 valence electrons. The zero-order valence-corrected chi connectivity index (χ0v) is 15.3. The topological polar surface area (TPSA) is 77.7 Å². The molecule has 1 aromatic carbocycles. The lowest BCUT2D eigenvalue weighted by Gasteiger charge is -2.27. The molecule has 7 heteroatoms. The first kappa shape index (κ1) is 17.6. The predicted molar refractivity (Wildman–Crippen MR) is 101 cm³/mol. The molecule has 27 heavy (non-hydrogen) atoms. The minimum absolute atomic E-state index is 0.0286. The lowest BCUT2D eigenvalue weighted by Crippen LogP contribution is -2.35. The van der Waals surface area contributed by atoms with E-state index in [0.717, 1.165) is 59.7 Å². The largest absolute Gasteiger partial charge is 0.310 e. The SMILES string of the molecule is CCCc1nc2c(c(=O)[nH]1)CN(Cc1cn[nH]c1-c1ccc(F)cc1)CC2. The van der Waals surface area contributed by atoms with E-state index in [2.05, 4.69) is 32.0 Å². The highest BCUT2D eigenvalue weighted by Gasteiger charge is 2.22. The molecule has 0 atom stereocenters. The molecule has 3 aromatic rings. The van der Waals surface area contributed by atoms with E-state index in [1.54, 1.807) is 18.3 Å². The van der Waals surface area contributed by atoms with E-state index < -0.39 is 0 Å². The number of hydrogen-bond donors (Lipinski definition) is 2. The van der Waals surface area contributed by atoms with Gasteiger partial charge in [0.2, 0.25) is 0 Å². The van der Waals surface area contributed by atoms with Crippen LogP contribution < -0.4 is 5.56 Å². The molecule has 1 aliphatic rings. The second-order valence-corrected chi connectivity index (χ2v) is 6.93. The highest BCUT2D eigenvalue weighted by molar-refractivity contribution is 5.62. The Hall–Kier alpha value is -2.80. The van der Waals surface area contributed by atoms with Crippen LogP contribution in [0.15, 0.2) is 35.3 Å². The maximum absolute atomic E-state index is 13.2. The maximum atomic E-state index is 13.2. The van der Waals surface area contributed by atoms with Crippen LogP contribution in [0, 0.1) is 5.82 Å². The number of fused-ring (bicyclic) bond motifs is 1. The number of H-pyrrole nitrogens is 2. The summed E-state index contributed by atoms with van der Waals surface area (Å²) in [6, 6.07) is 6.36. The van der Waals surface area contributed by atoms with Gasteiger partial charge in [0.25, 0.3) is 5.56 Å². The van der Waals surface area contributed by atoms with Gasteiger partial charge in [0.15, 0.2) is 0 Å². The van der Waals surface area contributed by atoms with Gasteiger partial charge >= 0.3 is 0 Å². The van der Waals surface area contributed by atoms with Crippen molar-refractivity contribution in [2.75, 3.05) is 6.54 Å². The molecule has 0 radical (unpaired) electrons. The van der Waals surface area contributed by atoms with E-state index in [9.17, 15) is 9.18 Å². The highest BCUT2D eigenvalue weighted by Crippen LogP contribution is 2.24. The number of nitrogens with zero attached hydrogens (tertiary/aromatic N) is 3. The summed E-state index contributed by atoms with van der Waals surface area (Å²) in [5, 5.41) is 7.16. The van der Waals surface area contributed by atoms with Crippen molar-refractivity contribution in [2.24, 2.45) is 0 Å². The molecule has 0 unspecified atom stereocenters. The summed E-state index contributed by atoms with van der Waals surface area (Å²) in [6.45, 7) is 4.14. The van der Waals surface area contributed by atoms with E-state index in [1.165, 1.54) is 12.1 Å². The van der Waals surface area contributed by atoms with Gasteiger partial charge in [0.1, 0.15) is 11.6 Å². The van der Waals surface area contributed by atoms with Crippen molar-refractivity contribution in [1.82, 2.24) is 25.1 Å². The van der Waals surface area contributed by atoms with Crippen LogP contribution in [0.2, 0.25) is 0 Å². The third-order valence-electron chi connectivity index (χ3n) is 4.93.